The van der Waals surface area contributed by atoms with Crippen molar-refractivity contribution < 1.29 is 8.42 Å². The molecule has 0 fully saturated rings. The van der Waals surface area contributed by atoms with Gasteiger partial charge in [0.1, 0.15) is 5.84 Å². The van der Waals surface area contributed by atoms with Gasteiger partial charge >= 0.3 is 0 Å². The van der Waals surface area contributed by atoms with Gasteiger partial charge < -0.3 is 0 Å². The lowest BCUT2D eigenvalue weighted by Crippen LogP contribution is -2.38. The largest absolute Gasteiger partial charge is 0.271 e. The summed E-state index contributed by atoms with van der Waals surface area (Å²) in [7, 11) is -3.49. The number of benzene rings is 1. The van der Waals surface area contributed by atoms with E-state index in [9.17, 15) is 8.42 Å². The van der Waals surface area contributed by atoms with Gasteiger partial charge in [-0.05, 0) is 24.5 Å². The summed E-state index contributed by atoms with van der Waals surface area (Å²) >= 11 is 0. The molecule has 0 saturated heterocycles. The summed E-state index contributed by atoms with van der Waals surface area (Å²) in [5, 5.41) is 0. The number of hydrogen-bond donors (Lipinski definition) is 1. The summed E-state index contributed by atoms with van der Waals surface area (Å²) in [6, 6.07) is 8.38. The van der Waals surface area contributed by atoms with Gasteiger partial charge in [-0.25, -0.2) is 8.42 Å². The smallest absolute Gasteiger partial charge is 0.262 e. The van der Waals surface area contributed by atoms with Crippen LogP contribution in [0.15, 0.2) is 40.2 Å². The number of nitrogens with zero attached hydrogens (tertiary/aromatic N) is 1. The highest BCUT2D eigenvalue weighted by Crippen LogP contribution is 2.19. The van der Waals surface area contributed by atoms with Crippen molar-refractivity contribution in [3.63, 3.8) is 0 Å². The number of rotatable bonds is 2. The molecule has 1 aliphatic heterocycles. The molecule has 2 rings (SSSR count). The fourth-order valence-corrected chi connectivity index (χ4v) is 3.30. The van der Waals surface area contributed by atoms with Crippen molar-refractivity contribution in [1.29, 1.82) is 0 Å². The predicted molar refractivity (Wildman–Crippen MR) is 72.0 cm³/mol. The van der Waals surface area contributed by atoms with Gasteiger partial charge in [0, 0.05) is 12.5 Å². The van der Waals surface area contributed by atoms with Crippen molar-refractivity contribution in [2.24, 2.45) is 16.8 Å². The summed E-state index contributed by atoms with van der Waals surface area (Å²) < 4.78 is 26.9. The van der Waals surface area contributed by atoms with Crippen LogP contribution < -0.4 is 4.72 Å². The van der Waals surface area contributed by atoms with Crippen LogP contribution in [0.5, 0.6) is 0 Å². The van der Waals surface area contributed by atoms with Gasteiger partial charge in [0.05, 0.1) is 4.90 Å². The molecule has 98 valence electrons. The molecule has 0 saturated carbocycles. The Balaban J connectivity index is 2.19. The van der Waals surface area contributed by atoms with Crippen LogP contribution in [-0.4, -0.2) is 20.8 Å². The molecule has 0 radical (unpaired) electrons. The maximum Gasteiger partial charge on any atom is 0.262 e. The Morgan fingerprint density at radius 3 is 2.50 bits per heavy atom. The van der Waals surface area contributed by atoms with Crippen LogP contribution in [0.25, 0.3) is 0 Å². The van der Waals surface area contributed by atoms with Crippen LogP contribution in [0.1, 0.15) is 20.3 Å². The molecule has 2 unspecified atom stereocenters. The first kappa shape index (κ1) is 13.1. The van der Waals surface area contributed by atoms with Gasteiger partial charge in [-0.1, -0.05) is 32.0 Å². The Kier molecular flexibility index (Phi) is 3.71. The summed E-state index contributed by atoms with van der Waals surface area (Å²) in [6.07, 6.45) is 0.968. The Morgan fingerprint density at radius 1 is 1.22 bits per heavy atom. The highest BCUT2D eigenvalue weighted by molar-refractivity contribution is 7.90. The average molecular weight is 266 g/mol. The van der Waals surface area contributed by atoms with E-state index in [2.05, 4.69) is 16.6 Å². The Morgan fingerprint density at radius 2 is 1.89 bits per heavy atom. The first-order chi connectivity index (χ1) is 8.49. The fraction of sp³-hybridized carbons (Fsp3) is 0.462. The first-order valence-electron chi connectivity index (χ1n) is 6.11. The van der Waals surface area contributed by atoms with E-state index in [1.54, 1.807) is 30.3 Å². The lowest BCUT2D eigenvalue weighted by molar-refractivity contribution is 0.461. The molecule has 0 bridgehead atoms. The van der Waals surface area contributed by atoms with E-state index in [-0.39, 0.29) is 10.8 Å². The predicted octanol–water partition coefficient (Wildman–Crippen LogP) is 2.04. The summed E-state index contributed by atoms with van der Waals surface area (Å²) in [6.45, 7) is 4.82. The van der Waals surface area contributed by atoms with Gasteiger partial charge in [0.2, 0.25) is 0 Å². The highest BCUT2D eigenvalue weighted by atomic mass is 32.2. The highest BCUT2D eigenvalue weighted by Gasteiger charge is 2.24. The Bertz CT molecular complexity index is 537. The Hall–Kier alpha value is -1.36. The maximum atomic E-state index is 12.1. The van der Waals surface area contributed by atoms with Crippen molar-refractivity contribution in [2.75, 3.05) is 6.54 Å². The SMILES string of the molecule is CC1CN=C(NS(=O)(=O)c2ccccc2)C(C)C1. The average Bonchev–Trinajstić information content (AvgIpc) is 2.34. The molecule has 5 heteroatoms. The van der Waals surface area contributed by atoms with Gasteiger partial charge in [0.15, 0.2) is 0 Å². The second-order valence-electron chi connectivity index (χ2n) is 4.89. The Labute approximate surface area is 108 Å². The van der Waals surface area contributed by atoms with Gasteiger partial charge in [-0.2, -0.15) is 0 Å². The van der Waals surface area contributed by atoms with E-state index in [4.69, 9.17) is 0 Å². The number of amidine groups is 1. The number of hydrogen-bond acceptors (Lipinski definition) is 3. The van der Waals surface area contributed by atoms with Crippen molar-refractivity contribution >= 4 is 15.9 Å². The molecule has 0 spiro atoms. The first-order valence-corrected chi connectivity index (χ1v) is 7.59. The monoisotopic (exact) mass is 266 g/mol. The minimum absolute atomic E-state index is 0.159. The van der Waals surface area contributed by atoms with Gasteiger partial charge in [-0.3, -0.25) is 9.71 Å². The van der Waals surface area contributed by atoms with Crippen LogP contribution in [0.2, 0.25) is 0 Å². The third kappa shape index (κ3) is 2.90. The van der Waals surface area contributed by atoms with E-state index in [0.29, 0.717) is 18.3 Å². The zero-order chi connectivity index (χ0) is 13.2. The topological polar surface area (TPSA) is 58.5 Å². The molecular weight excluding hydrogens is 248 g/mol. The third-order valence-corrected chi connectivity index (χ3v) is 4.46. The molecular formula is C13H18N2O2S. The zero-order valence-electron chi connectivity index (χ0n) is 10.6. The van der Waals surface area contributed by atoms with E-state index in [1.807, 2.05) is 6.92 Å². The molecule has 0 aliphatic carbocycles. The maximum absolute atomic E-state index is 12.1. The molecule has 1 aromatic carbocycles. The van der Waals surface area contributed by atoms with E-state index in [0.717, 1.165) is 6.42 Å². The summed E-state index contributed by atoms with van der Waals surface area (Å²) in [4.78, 5) is 4.60. The fourth-order valence-electron chi connectivity index (χ4n) is 2.13. The molecule has 0 amide bonds. The molecule has 1 aromatic rings. The quantitative estimate of drug-likeness (QED) is 0.890. The van der Waals surface area contributed by atoms with E-state index < -0.39 is 10.0 Å². The second kappa shape index (κ2) is 5.10. The van der Waals surface area contributed by atoms with Crippen LogP contribution >= 0.6 is 0 Å². The van der Waals surface area contributed by atoms with Crippen LogP contribution in [-0.2, 0) is 10.0 Å². The molecule has 1 aliphatic rings. The number of sulfonamides is 1. The molecule has 2 atom stereocenters. The van der Waals surface area contributed by atoms with E-state index in [1.165, 1.54) is 0 Å². The van der Waals surface area contributed by atoms with Crippen molar-refractivity contribution in [3.05, 3.63) is 30.3 Å². The minimum Gasteiger partial charge on any atom is -0.271 e. The lowest BCUT2D eigenvalue weighted by atomic mass is 9.94. The number of nitrogens with one attached hydrogen (secondary N) is 1. The molecule has 1 heterocycles. The van der Waals surface area contributed by atoms with Crippen molar-refractivity contribution in [2.45, 2.75) is 25.2 Å². The van der Waals surface area contributed by atoms with Crippen molar-refractivity contribution in [1.82, 2.24) is 4.72 Å². The minimum atomic E-state index is -3.49. The van der Waals surface area contributed by atoms with E-state index >= 15 is 0 Å². The number of aliphatic imine (C=N–C) groups is 1. The van der Waals surface area contributed by atoms with Crippen LogP contribution in [0.4, 0.5) is 0 Å². The second-order valence-corrected chi connectivity index (χ2v) is 6.57. The molecule has 1 N–H and O–H groups in total. The van der Waals surface area contributed by atoms with Crippen molar-refractivity contribution in [3.8, 4) is 0 Å². The lowest BCUT2D eigenvalue weighted by Gasteiger charge is -2.24. The molecule has 0 aromatic heterocycles. The van der Waals surface area contributed by atoms with Gasteiger partial charge in [-0.15, -0.1) is 0 Å². The zero-order valence-corrected chi connectivity index (χ0v) is 11.4. The van der Waals surface area contributed by atoms with Crippen LogP contribution in [0, 0.1) is 11.8 Å². The summed E-state index contributed by atoms with van der Waals surface area (Å²) in [5.41, 5.74) is 0. The van der Waals surface area contributed by atoms with Crippen LogP contribution in [0.3, 0.4) is 0 Å². The normalized spacial score (nSPS) is 24.4. The standard InChI is InChI=1S/C13H18N2O2S/c1-10-8-11(2)13(14-9-10)15-18(16,17)12-6-4-3-5-7-12/h3-7,10-11H,8-9H2,1-2H3,(H,14,15). The molecule has 18 heavy (non-hydrogen) atoms. The molecule has 4 nitrogen and oxygen atoms in total. The van der Waals surface area contributed by atoms with Gasteiger partial charge in [0.25, 0.3) is 10.0 Å². The third-order valence-electron chi connectivity index (χ3n) is 3.09. The summed E-state index contributed by atoms with van der Waals surface area (Å²) in [5.74, 6) is 1.26.